The van der Waals surface area contributed by atoms with Gasteiger partial charge in [-0.15, -0.1) is 0 Å². The van der Waals surface area contributed by atoms with Crippen LogP contribution in [0.15, 0.2) is 36.4 Å². The van der Waals surface area contributed by atoms with Crippen molar-refractivity contribution in [2.75, 3.05) is 7.11 Å². The average molecular weight is 362 g/mol. The fraction of sp³-hybridized carbons (Fsp3) is 0.381. The SMILES string of the molecule is CCc1ccc(OCc2c(CC(=O)OC)cccc2C(F)F)c(CC)c1. The first kappa shape index (κ1) is 19.9. The minimum Gasteiger partial charge on any atom is -0.489 e. The topological polar surface area (TPSA) is 35.5 Å². The van der Waals surface area contributed by atoms with Crippen molar-refractivity contribution in [3.05, 3.63) is 64.2 Å². The summed E-state index contributed by atoms with van der Waals surface area (Å²) in [7, 11) is 1.28. The van der Waals surface area contributed by atoms with Crippen molar-refractivity contribution in [3.8, 4) is 5.75 Å². The minimum absolute atomic E-state index is 0.0225. The molecule has 0 radical (unpaired) electrons. The zero-order valence-corrected chi connectivity index (χ0v) is 15.4. The Bertz CT molecular complexity index is 757. The molecule has 0 aliphatic carbocycles. The Morgan fingerprint density at radius 3 is 2.46 bits per heavy atom. The van der Waals surface area contributed by atoms with Crippen LogP contribution < -0.4 is 4.74 Å². The molecule has 2 rings (SSSR count). The van der Waals surface area contributed by atoms with E-state index in [0.29, 0.717) is 16.9 Å². The number of alkyl halides is 2. The number of hydrogen-bond donors (Lipinski definition) is 0. The Hall–Kier alpha value is -2.43. The van der Waals surface area contributed by atoms with Crippen molar-refractivity contribution >= 4 is 5.97 Å². The van der Waals surface area contributed by atoms with E-state index in [4.69, 9.17) is 4.74 Å². The molecule has 0 bridgehead atoms. The molecule has 26 heavy (non-hydrogen) atoms. The molecule has 0 spiro atoms. The highest BCUT2D eigenvalue weighted by molar-refractivity contribution is 5.73. The number of aryl methyl sites for hydroxylation is 2. The third kappa shape index (κ3) is 4.81. The molecule has 0 saturated carbocycles. The maximum absolute atomic E-state index is 13.4. The van der Waals surface area contributed by atoms with Crippen LogP contribution in [-0.2, 0) is 35.4 Å². The van der Waals surface area contributed by atoms with E-state index in [0.717, 1.165) is 18.4 Å². The second-order valence-electron chi connectivity index (χ2n) is 5.98. The number of hydrogen-bond acceptors (Lipinski definition) is 3. The predicted molar refractivity (Wildman–Crippen MR) is 96.6 cm³/mol. The van der Waals surface area contributed by atoms with E-state index in [1.54, 1.807) is 6.07 Å². The molecule has 0 aliphatic rings. The monoisotopic (exact) mass is 362 g/mol. The molecule has 2 aromatic carbocycles. The summed E-state index contributed by atoms with van der Waals surface area (Å²) >= 11 is 0. The van der Waals surface area contributed by atoms with E-state index in [-0.39, 0.29) is 18.6 Å². The maximum Gasteiger partial charge on any atom is 0.309 e. The lowest BCUT2D eigenvalue weighted by Gasteiger charge is -2.17. The van der Waals surface area contributed by atoms with E-state index in [1.807, 2.05) is 19.1 Å². The van der Waals surface area contributed by atoms with Gasteiger partial charge < -0.3 is 9.47 Å². The van der Waals surface area contributed by atoms with Gasteiger partial charge >= 0.3 is 5.97 Å². The largest absolute Gasteiger partial charge is 0.489 e. The summed E-state index contributed by atoms with van der Waals surface area (Å²) in [5.41, 5.74) is 2.96. The zero-order chi connectivity index (χ0) is 19.1. The molecular weight excluding hydrogens is 338 g/mol. The van der Waals surface area contributed by atoms with Crippen LogP contribution in [0.3, 0.4) is 0 Å². The summed E-state index contributed by atoms with van der Waals surface area (Å²) in [6.45, 7) is 4.08. The fourth-order valence-electron chi connectivity index (χ4n) is 2.85. The molecule has 0 unspecified atom stereocenters. The van der Waals surface area contributed by atoms with Crippen molar-refractivity contribution in [1.29, 1.82) is 0 Å². The van der Waals surface area contributed by atoms with Crippen molar-refractivity contribution in [2.24, 2.45) is 0 Å². The summed E-state index contributed by atoms with van der Waals surface area (Å²) in [6, 6.07) is 10.5. The lowest BCUT2D eigenvalue weighted by molar-refractivity contribution is -0.139. The summed E-state index contributed by atoms with van der Waals surface area (Å²) in [6.07, 6.45) is -0.996. The molecule has 0 amide bonds. The van der Waals surface area contributed by atoms with E-state index in [9.17, 15) is 13.6 Å². The molecule has 0 saturated heterocycles. The zero-order valence-electron chi connectivity index (χ0n) is 15.4. The minimum atomic E-state index is -2.64. The van der Waals surface area contributed by atoms with Gasteiger partial charge in [0.1, 0.15) is 12.4 Å². The molecule has 0 fully saturated rings. The molecule has 0 heterocycles. The molecule has 0 atom stereocenters. The third-order valence-electron chi connectivity index (χ3n) is 4.39. The van der Waals surface area contributed by atoms with Crippen molar-refractivity contribution < 1.29 is 23.0 Å². The van der Waals surface area contributed by atoms with Gasteiger partial charge in [0.15, 0.2) is 0 Å². The molecule has 0 aromatic heterocycles. The second-order valence-corrected chi connectivity index (χ2v) is 5.98. The number of esters is 1. The molecule has 140 valence electrons. The van der Waals surface area contributed by atoms with Gasteiger partial charge in [-0.05, 0) is 35.6 Å². The summed E-state index contributed by atoms with van der Waals surface area (Å²) in [5.74, 6) is 0.206. The van der Waals surface area contributed by atoms with Gasteiger partial charge in [-0.3, -0.25) is 4.79 Å². The van der Waals surface area contributed by atoms with Crippen LogP contribution in [0.4, 0.5) is 8.78 Å². The molecule has 3 nitrogen and oxygen atoms in total. The van der Waals surface area contributed by atoms with Crippen LogP contribution in [0.5, 0.6) is 5.75 Å². The van der Waals surface area contributed by atoms with Crippen LogP contribution in [-0.4, -0.2) is 13.1 Å². The first-order valence-electron chi connectivity index (χ1n) is 8.70. The van der Waals surface area contributed by atoms with Gasteiger partial charge in [0.25, 0.3) is 6.43 Å². The standard InChI is InChI=1S/C21H24F2O3/c1-4-14-9-10-19(15(5-2)11-14)26-13-18-16(12-20(24)25-3)7-6-8-17(18)21(22)23/h6-11,21H,4-5,12-13H2,1-3H3. The van der Waals surface area contributed by atoms with Crippen molar-refractivity contribution in [1.82, 2.24) is 0 Å². The average Bonchev–Trinajstić information content (AvgIpc) is 2.66. The highest BCUT2D eigenvalue weighted by atomic mass is 19.3. The quantitative estimate of drug-likeness (QED) is 0.617. The molecule has 5 heteroatoms. The number of halogens is 2. The first-order chi connectivity index (χ1) is 12.5. The van der Waals surface area contributed by atoms with Gasteiger partial charge in [0.05, 0.1) is 13.5 Å². The molecular formula is C21H24F2O3. The van der Waals surface area contributed by atoms with Gasteiger partial charge in [-0.25, -0.2) is 8.78 Å². The van der Waals surface area contributed by atoms with Crippen molar-refractivity contribution in [3.63, 3.8) is 0 Å². The highest BCUT2D eigenvalue weighted by Crippen LogP contribution is 2.29. The molecule has 0 aliphatic heterocycles. The number of methoxy groups -OCH3 is 1. The summed E-state index contributed by atoms with van der Waals surface area (Å²) < 4.78 is 37.4. The van der Waals surface area contributed by atoms with Gasteiger partial charge in [-0.1, -0.05) is 44.2 Å². The number of benzene rings is 2. The van der Waals surface area contributed by atoms with Crippen LogP contribution in [0.25, 0.3) is 0 Å². The first-order valence-corrected chi connectivity index (χ1v) is 8.70. The predicted octanol–water partition coefficient (Wildman–Crippen LogP) is 5.04. The summed E-state index contributed by atoms with van der Waals surface area (Å²) in [4.78, 5) is 11.6. The highest BCUT2D eigenvalue weighted by Gasteiger charge is 2.19. The van der Waals surface area contributed by atoms with Gasteiger partial charge in [0, 0.05) is 11.1 Å². The Morgan fingerprint density at radius 1 is 1.08 bits per heavy atom. The molecule has 0 N–H and O–H groups in total. The van der Waals surface area contributed by atoms with Crippen LogP contribution in [0, 0.1) is 0 Å². The lowest BCUT2D eigenvalue weighted by atomic mass is 9.99. The van der Waals surface area contributed by atoms with Gasteiger partial charge in [0.2, 0.25) is 0 Å². The van der Waals surface area contributed by atoms with E-state index in [2.05, 4.69) is 17.7 Å². The van der Waals surface area contributed by atoms with Gasteiger partial charge in [-0.2, -0.15) is 0 Å². The van der Waals surface area contributed by atoms with E-state index in [1.165, 1.54) is 24.8 Å². The van der Waals surface area contributed by atoms with E-state index >= 15 is 0 Å². The Balaban J connectivity index is 2.31. The Morgan fingerprint density at radius 2 is 1.85 bits per heavy atom. The van der Waals surface area contributed by atoms with E-state index < -0.39 is 12.4 Å². The maximum atomic E-state index is 13.4. The summed E-state index contributed by atoms with van der Waals surface area (Å²) in [5, 5.41) is 0. The van der Waals surface area contributed by atoms with Crippen LogP contribution in [0.1, 0.15) is 48.1 Å². The lowest BCUT2D eigenvalue weighted by Crippen LogP contribution is -2.11. The number of carbonyl (C=O) groups is 1. The van der Waals surface area contributed by atoms with Crippen molar-refractivity contribution in [2.45, 2.75) is 46.1 Å². The normalized spacial score (nSPS) is 10.8. The third-order valence-corrected chi connectivity index (χ3v) is 4.39. The number of carbonyl (C=O) groups excluding carboxylic acids is 1. The smallest absolute Gasteiger partial charge is 0.309 e. The molecule has 2 aromatic rings. The van der Waals surface area contributed by atoms with Crippen LogP contribution in [0.2, 0.25) is 0 Å². The number of ether oxygens (including phenoxy) is 2. The Kier molecular flexibility index (Phi) is 7.13. The fourth-order valence-corrected chi connectivity index (χ4v) is 2.85. The number of rotatable bonds is 8. The van der Waals surface area contributed by atoms with Crippen LogP contribution >= 0.6 is 0 Å². The Labute approximate surface area is 152 Å². The second kappa shape index (κ2) is 9.32.